The first-order chi connectivity index (χ1) is 8.20. The molecule has 0 aliphatic heterocycles. The van der Waals surface area contributed by atoms with Crippen LogP contribution in [-0.2, 0) is 23.7 Å². The van der Waals surface area contributed by atoms with Crippen molar-refractivity contribution >= 4 is 0 Å². The smallest absolute Gasteiger partial charge is 0.381 e. The third-order valence-corrected chi connectivity index (χ3v) is 1.86. The van der Waals surface area contributed by atoms with Gasteiger partial charge in [0.05, 0.1) is 19.5 Å². The van der Waals surface area contributed by atoms with Gasteiger partial charge in [-0.25, -0.2) is 0 Å². The second kappa shape index (κ2) is 9.41. The molecule has 0 radical (unpaired) electrons. The van der Waals surface area contributed by atoms with Crippen LogP contribution in [0.4, 0.5) is 0 Å². The molecule has 0 unspecified atom stereocenters. The lowest BCUT2D eigenvalue weighted by molar-refractivity contribution is -0.440. The molecule has 0 saturated heterocycles. The van der Waals surface area contributed by atoms with Gasteiger partial charge in [-0.1, -0.05) is 6.58 Å². The molecule has 0 aliphatic rings. The van der Waals surface area contributed by atoms with Gasteiger partial charge in [-0.2, -0.15) is 0 Å². The number of rotatable bonds is 11. The van der Waals surface area contributed by atoms with Gasteiger partial charge in [0.15, 0.2) is 0 Å². The Morgan fingerprint density at radius 2 is 1.41 bits per heavy atom. The van der Waals surface area contributed by atoms with Gasteiger partial charge in [-0.3, -0.25) is 0 Å². The monoisotopic (exact) mass is 248 g/mol. The van der Waals surface area contributed by atoms with Crippen LogP contribution in [0.5, 0.6) is 0 Å². The molecule has 0 heterocycles. The van der Waals surface area contributed by atoms with E-state index >= 15 is 0 Å². The van der Waals surface area contributed by atoms with E-state index < -0.39 is 12.3 Å². The summed E-state index contributed by atoms with van der Waals surface area (Å²) in [6.45, 7) is 12.7. The number of hydrogen-bond donors (Lipinski definition) is 0. The van der Waals surface area contributed by atoms with Crippen LogP contribution in [0.15, 0.2) is 12.8 Å². The molecule has 17 heavy (non-hydrogen) atoms. The average Bonchev–Trinajstić information content (AvgIpc) is 2.29. The third kappa shape index (κ3) is 5.04. The highest BCUT2D eigenvalue weighted by molar-refractivity contribution is 4.68. The van der Waals surface area contributed by atoms with Crippen molar-refractivity contribution in [1.82, 2.24) is 0 Å². The molecule has 0 spiro atoms. The van der Waals surface area contributed by atoms with Crippen LogP contribution in [0.2, 0.25) is 0 Å². The molecule has 0 amide bonds. The fourth-order valence-electron chi connectivity index (χ4n) is 1.37. The van der Waals surface area contributed by atoms with Crippen LogP contribution in [0.3, 0.4) is 0 Å². The van der Waals surface area contributed by atoms with Gasteiger partial charge < -0.3 is 23.7 Å². The molecule has 0 saturated carbocycles. The maximum atomic E-state index is 5.51. The lowest BCUT2D eigenvalue weighted by Crippen LogP contribution is -2.51. The summed E-state index contributed by atoms with van der Waals surface area (Å²) in [7, 11) is 0. The fourth-order valence-corrected chi connectivity index (χ4v) is 1.37. The van der Waals surface area contributed by atoms with Crippen molar-refractivity contribution in [2.75, 3.05) is 26.4 Å². The predicted molar refractivity (Wildman–Crippen MR) is 64.3 cm³/mol. The summed E-state index contributed by atoms with van der Waals surface area (Å²) in [5.41, 5.74) is 0. The largest absolute Gasteiger partial charge is 0.444 e. The Kier molecular flexibility index (Phi) is 9.07. The van der Waals surface area contributed by atoms with E-state index in [1.54, 1.807) is 0 Å². The Bertz CT molecular complexity index is 183. The SMILES string of the molecule is C=COC(OCC)(OCC)C(OCC)OCC. The number of hydrogen-bond acceptors (Lipinski definition) is 5. The van der Waals surface area contributed by atoms with Crippen molar-refractivity contribution in [1.29, 1.82) is 0 Å². The zero-order chi connectivity index (χ0) is 13.1. The Hall–Kier alpha value is -0.620. The highest BCUT2D eigenvalue weighted by atomic mass is 16.9. The molecular weight excluding hydrogens is 224 g/mol. The summed E-state index contributed by atoms with van der Waals surface area (Å²) >= 11 is 0. The van der Waals surface area contributed by atoms with Crippen LogP contribution in [0, 0.1) is 0 Å². The molecule has 5 heteroatoms. The van der Waals surface area contributed by atoms with Crippen LogP contribution in [0.25, 0.3) is 0 Å². The second-order valence-corrected chi connectivity index (χ2v) is 3.00. The molecule has 0 aromatic heterocycles. The standard InChI is InChI=1S/C12H24O5/c1-6-13-11(14-7-2)12(15-8-3,16-9-4)17-10-5/h8,11H,3,6-7,9-10H2,1-2,4-5H3. The first-order valence-corrected chi connectivity index (χ1v) is 6.00. The maximum absolute atomic E-state index is 5.51. The van der Waals surface area contributed by atoms with Crippen molar-refractivity contribution < 1.29 is 23.7 Å². The quantitative estimate of drug-likeness (QED) is 0.414. The molecule has 0 fully saturated rings. The Balaban J connectivity index is 4.93. The van der Waals surface area contributed by atoms with Crippen LogP contribution in [-0.4, -0.2) is 38.7 Å². The first-order valence-electron chi connectivity index (χ1n) is 6.00. The molecule has 0 aromatic rings. The minimum absolute atomic E-state index is 0.407. The van der Waals surface area contributed by atoms with Gasteiger partial charge in [0.25, 0.3) is 6.29 Å². The van der Waals surface area contributed by atoms with Gasteiger partial charge in [0, 0.05) is 13.2 Å². The summed E-state index contributed by atoms with van der Waals surface area (Å²) in [6, 6.07) is 0. The molecule has 0 aliphatic carbocycles. The van der Waals surface area contributed by atoms with E-state index in [2.05, 4.69) is 6.58 Å². The van der Waals surface area contributed by atoms with Crippen LogP contribution < -0.4 is 0 Å². The van der Waals surface area contributed by atoms with E-state index in [-0.39, 0.29) is 0 Å². The van der Waals surface area contributed by atoms with Crippen molar-refractivity contribution in [3.63, 3.8) is 0 Å². The van der Waals surface area contributed by atoms with Gasteiger partial charge in [0.1, 0.15) is 0 Å². The van der Waals surface area contributed by atoms with Gasteiger partial charge in [0.2, 0.25) is 0 Å². The highest BCUT2D eigenvalue weighted by Crippen LogP contribution is 2.24. The van der Waals surface area contributed by atoms with E-state index in [0.29, 0.717) is 26.4 Å². The summed E-state index contributed by atoms with van der Waals surface area (Å²) in [4.78, 5) is 0. The van der Waals surface area contributed by atoms with Gasteiger partial charge >= 0.3 is 5.97 Å². The third-order valence-electron chi connectivity index (χ3n) is 1.86. The molecule has 5 nitrogen and oxygen atoms in total. The highest BCUT2D eigenvalue weighted by Gasteiger charge is 2.45. The maximum Gasteiger partial charge on any atom is 0.381 e. The lowest BCUT2D eigenvalue weighted by atomic mass is 10.5. The summed E-state index contributed by atoms with van der Waals surface area (Å²) in [5.74, 6) is -1.39. The summed E-state index contributed by atoms with van der Waals surface area (Å²) in [5, 5.41) is 0. The van der Waals surface area contributed by atoms with Crippen molar-refractivity contribution in [2.45, 2.75) is 40.0 Å². The van der Waals surface area contributed by atoms with Crippen molar-refractivity contribution in [2.24, 2.45) is 0 Å². The van der Waals surface area contributed by atoms with Crippen molar-refractivity contribution in [3.05, 3.63) is 12.8 Å². The van der Waals surface area contributed by atoms with Crippen LogP contribution >= 0.6 is 0 Å². The van der Waals surface area contributed by atoms with Crippen LogP contribution in [0.1, 0.15) is 27.7 Å². The first kappa shape index (κ1) is 16.4. The molecule has 102 valence electrons. The lowest BCUT2D eigenvalue weighted by Gasteiger charge is -2.36. The Morgan fingerprint density at radius 1 is 0.941 bits per heavy atom. The fraction of sp³-hybridized carbons (Fsp3) is 0.833. The number of ether oxygens (including phenoxy) is 5. The van der Waals surface area contributed by atoms with E-state index in [0.717, 1.165) is 0 Å². The minimum Gasteiger partial charge on any atom is -0.444 e. The molecule has 0 N–H and O–H groups in total. The predicted octanol–water partition coefficient (Wildman–Crippen LogP) is 2.27. The van der Waals surface area contributed by atoms with Gasteiger partial charge in [-0.05, 0) is 27.7 Å². The zero-order valence-corrected chi connectivity index (χ0v) is 11.2. The van der Waals surface area contributed by atoms with Crippen molar-refractivity contribution in [3.8, 4) is 0 Å². The molecular formula is C12H24O5. The summed E-state index contributed by atoms with van der Waals surface area (Å²) in [6.07, 6.45) is 0.506. The average molecular weight is 248 g/mol. The van der Waals surface area contributed by atoms with E-state index in [1.807, 2.05) is 27.7 Å². The minimum atomic E-state index is -1.39. The normalized spacial score (nSPS) is 11.8. The molecule has 0 rings (SSSR count). The Labute approximate surface area is 104 Å². The molecule has 0 bridgehead atoms. The van der Waals surface area contributed by atoms with E-state index in [1.165, 1.54) is 6.26 Å². The molecule has 0 atom stereocenters. The van der Waals surface area contributed by atoms with E-state index in [9.17, 15) is 0 Å². The topological polar surface area (TPSA) is 46.2 Å². The van der Waals surface area contributed by atoms with Gasteiger partial charge in [-0.15, -0.1) is 0 Å². The second-order valence-electron chi connectivity index (χ2n) is 3.00. The Morgan fingerprint density at radius 3 is 1.71 bits per heavy atom. The summed E-state index contributed by atoms with van der Waals surface area (Å²) < 4.78 is 27.3. The molecule has 0 aromatic carbocycles. The van der Waals surface area contributed by atoms with E-state index in [4.69, 9.17) is 23.7 Å². The zero-order valence-electron chi connectivity index (χ0n) is 11.2.